The molecule has 7 heteroatoms. The van der Waals surface area contributed by atoms with Gasteiger partial charge in [-0.2, -0.15) is 0 Å². The molecule has 0 N–H and O–H groups in total. The Balaban J connectivity index is 0.00000171. The van der Waals surface area contributed by atoms with E-state index in [1.165, 1.54) is 20.0 Å². The van der Waals surface area contributed by atoms with E-state index in [4.69, 9.17) is 9.47 Å². The van der Waals surface area contributed by atoms with E-state index in [1.54, 1.807) is 6.07 Å². The summed E-state index contributed by atoms with van der Waals surface area (Å²) in [5.74, 6) is -1.58. The van der Waals surface area contributed by atoms with Crippen molar-refractivity contribution >= 4 is 12.4 Å². The minimum atomic E-state index is -3.03. The predicted octanol–water partition coefficient (Wildman–Crippen LogP) is 4.29. The summed E-state index contributed by atoms with van der Waals surface area (Å²) < 4.78 is 58.2. The van der Waals surface area contributed by atoms with E-state index in [0.29, 0.717) is 42.4 Å². The van der Waals surface area contributed by atoms with Gasteiger partial charge in [0.2, 0.25) is 0 Å². The first kappa shape index (κ1) is 18.9. The van der Waals surface area contributed by atoms with Crippen molar-refractivity contribution in [1.29, 1.82) is 0 Å². The number of halogens is 4. The van der Waals surface area contributed by atoms with Gasteiger partial charge in [-0.3, -0.25) is 4.90 Å². The van der Waals surface area contributed by atoms with Crippen LogP contribution in [0.1, 0.15) is 43.2 Å². The van der Waals surface area contributed by atoms with E-state index < -0.39 is 29.5 Å². The van der Waals surface area contributed by atoms with Crippen LogP contribution in [0, 0.1) is 5.92 Å². The lowest BCUT2D eigenvalue weighted by molar-refractivity contribution is -0.222. The Bertz CT molecular complexity index is 832. The SMILES string of the molecule is COc1ccc2c3c1OC1C(F)(F)CC[C@@]4(F)[C@@H](C2)N(CC2CC2)CC[C@]314.Cl. The number of likely N-dealkylation sites (tertiary alicyclic amines) is 1. The third-order valence-corrected chi connectivity index (χ3v) is 7.87. The molecule has 5 aliphatic rings. The molecule has 3 nitrogen and oxygen atoms in total. The molecule has 1 saturated heterocycles. The van der Waals surface area contributed by atoms with Gasteiger partial charge in [-0.25, -0.2) is 13.2 Å². The number of nitrogens with zero attached hydrogens (tertiary/aromatic N) is 1. The van der Waals surface area contributed by atoms with Gasteiger partial charge in [0.15, 0.2) is 17.6 Å². The summed E-state index contributed by atoms with van der Waals surface area (Å²) in [6.07, 6.45) is 1.39. The molecular formula is C21H25ClF3NO2. The van der Waals surface area contributed by atoms with E-state index >= 15 is 13.2 Å². The van der Waals surface area contributed by atoms with Crippen LogP contribution < -0.4 is 9.47 Å². The lowest BCUT2D eigenvalue weighted by Crippen LogP contribution is -2.76. The maximum Gasteiger partial charge on any atom is 0.285 e. The van der Waals surface area contributed by atoms with Gasteiger partial charge in [0.25, 0.3) is 5.92 Å². The number of ether oxygens (including phenoxy) is 2. The van der Waals surface area contributed by atoms with E-state index in [0.717, 1.165) is 12.1 Å². The first-order valence-corrected chi connectivity index (χ1v) is 10.1. The Labute approximate surface area is 169 Å². The highest BCUT2D eigenvalue weighted by atomic mass is 35.5. The number of hydrogen-bond donors (Lipinski definition) is 0. The van der Waals surface area contributed by atoms with Crippen LogP contribution in [0.5, 0.6) is 11.5 Å². The van der Waals surface area contributed by atoms with Crippen LogP contribution in [0.4, 0.5) is 13.2 Å². The minimum Gasteiger partial charge on any atom is -0.493 e. The molecule has 1 spiro atoms. The zero-order valence-electron chi connectivity index (χ0n) is 15.8. The number of hydrogen-bond acceptors (Lipinski definition) is 3. The highest BCUT2D eigenvalue weighted by Gasteiger charge is 2.78. The Morgan fingerprint density at radius 1 is 1.18 bits per heavy atom. The second-order valence-electron chi connectivity index (χ2n) is 9.13. The Morgan fingerprint density at radius 3 is 2.68 bits per heavy atom. The molecule has 154 valence electrons. The molecular weight excluding hydrogens is 391 g/mol. The second kappa shape index (κ2) is 5.72. The molecule has 1 aromatic carbocycles. The lowest BCUT2D eigenvalue weighted by atomic mass is 9.49. The van der Waals surface area contributed by atoms with Crippen molar-refractivity contribution in [3.8, 4) is 11.5 Å². The maximum atomic E-state index is 16.9. The first-order valence-electron chi connectivity index (χ1n) is 10.1. The van der Waals surface area contributed by atoms with Gasteiger partial charge in [-0.05, 0) is 56.2 Å². The summed E-state index contributed by atoms with van der Waals surface area (Å²) >= 11 is 0. The third kappa shape index (κ3) is 2.06. The van der Waals surface area contributed by atoms with E-state index in [2.05, 4.69) is 4.90 Å². The Kier molecular flexibility index (Phi) is 3.85. The van der Waals surface area contributed by atoms with E-state index in [1.807, 2.05) is 6.07 Å². The molecule has 1 aromatic rings. The third-order valence-electron chi connectivity index (χ3n) is 7.87. The lowest BCUT2D eigenvalue weighted by Gasteiger charge is -2.62. The molecule has 2 saturated carbocycles. The summed E-state index contributed by atoms with van der Waals surface area (Å²) in [6.45, 7) is 1.56. The van der Waals surface area contributed by atoms with Gasteiger partial charge in [0.05, 0.1) is 12.5 Å². The summed E-state index contributed by atoms with van der Waals surface area (Å²) in [5.41, 5.74) is -1.28. The fraction of sp³-hybridized carbons (Fsp3) is 0.714. The Hall–Kier alpha value is -1.14. The van der Waals surface area contributed by atoms with Crippen LogP contribution in [0.2, 0.25) is 0 Å². The molecule has 2 heterocycles. The van der Waals surface area contributed by atoms with Gasteiger partial charge in [-0.1, -0.05) is 6.07 Å². The second-order valence-corrected chi connectivity index (χ2v) is 9.13. The van der Waals surface area contributed by atoms with Gasteiger partial charge in [0.1, 0.15) is 5.67 Å². The summed E-state index contributed by atoms with van der Waals surface area (Å²) in [4.78, 5) is 2.26. The topological polar surface area (TPSA) is 21.7 Å². The van der Waals surface area contributed by atoms with E-state index in [-0.39, 0.29) is 24.9 Å². The predicted molar refractivity (Wildman–Crippen MR) is 101 cm³/mol. The smallest absolute Gasteiger partial charge is 0.285 e. The van der Waals surface area contributed by atoms with Crippen LogP contribution in [0.15, 0.2) is 12.1 Å². The van der Waals surface area contributed by atoms with E-state index in [9.17, 15) is 0 Å². The monoisotopic (exact) mass is 415 g/mol. The average Bonchev–Trinajstić information content (AvgIpc) is 3.37. The minimum absolute atomic E-state index is 0. The molecule has 0 aromatic heterocycles. The molecule has 3 aliphatic carbocycles. The van der Waals surface area contributed by atoms with Gasteiger partial charge >= 0.3 is 0 Å². The Morgan fingerprint density at radius 2 is 1.96 bits per heavy atom. The molecule has 4 atom stereocenters. The summed E-state index contributed by atoms with van der Waals surface area (Å²) in [5, 5.41) is 0. The zero-order chi connectivity index (χ0) is 18.6. The molecule has 0 amide bonds. The molecule has 2 bridgehead atoms. The fourth-order valence-corrected chi connectivity index (χ4v) is 6.51. The van der Waals surface area contributed by atoms with Crippen molar-refractivity contribution in [2.75, 3.05) is 20.2 Å². The van der Waals surface area contributed by atoms with Crippen LogP contribution in [0.25, 0.3) is 0 Å². The summed E-state index contributed by atoms with van der Waals surface area (Å²) in [7, 11) is 1.51. The number of methoxy groups -OCH3 is 1. The van der Waals surface area contributed by atoms with Crippen molar-refractivity contribution in [3.05, 3.63) is 23.3 Å². The fourth-order valence-electron chi connectivity index (χ4n) is 6.51. The molecule has 2 aliphatic heterocycles. The van der Waals surface area contributed by atoms with Crippen LogP contribution in [-0.2, 0) is 11.8 Å². The highest BCUT2D eigenvalue weighted by molar-refractivity contribution is 5.85. The standard InChI is InChI=1S/C21H24F3NO2.ClH/c1-26-14-5-4-13-10-15-20(22)6-7-21(23,24)18-19(20,16(13)17(14)27-18)8-9-25(15)11-12-2-3-12;/h4-5,12,15,18H,2-3,6-11H2,1H3;1H/t15-,18?,19+,20-;/m1./s1. The molecule has 1 unspecified atom stereocenters. The largest absolute Gasteiger partial charge is 0.493 e. The van der Waals surface area contributed by atoms with Crippen molar-refractivity contribution in [1.82, 2.24) is 4.90 Å². The van der Waals surface area contributed by atoms with Crippen molar-refractivity contribution in [3.63, 3.8) is 0 Å². The van der Waals surface area contributed by atoms with Crippen molar-refractivity contribution in [2.24, 2.45) is 5.92 Å². The number of piperidine rings is 1. The first-order chi connectivity index (χ1) is 12.9. The van der Waals surface area contributed by atoms with Gasteiger partial charge in [-0.15, -0.1) is 12.4 Å². The number of rotatable bonds is 3. The molecule has 28 heavy (non-hydrogen) atoms. The summed E-state index contributed by atoms with van der Waals surface area (Å²) in [6, 6.07) is 3.39. The van der Waals surface area contributed by atoms with Crippen LogP contribution >= 0.6 is 12.4 Å². The van der Waals surface area contributed by atoms with Gasteiger partial charge < -0.3 is 9.47 Å². The number of benzene rings is 1. The van der Waals surface area contributed by atoms with Crippen molar-refractivity contribution < 1.29 is 22.6 Å². The normalized spacial score (nSPS) is 39.6. The molecule has 6 rings (SSSR count). The van der Waals surface area contributed by atoms with Crippen molar-refractivity contribution in [2.45, 2.75) is 67.7 Å². The van der Waals surface area contributed by atoms with Gasteiger partial charge in [0, 0.05) is 24.6 Å². The van der Waals surface area contributed by atoms with Crippen LogP contribution in [0.3, 0.4) is 0 Å². The molecule has 3 fully saturated rings. The molecule has 0 radical (unpaired) electrons. The maximum absolute atomic E-state index is 16.9. The highest BCUT2D eigenvalue weighted by Crippen LogP contribution is 2.69. The number of alkyl halides is 3. The average molecular weight is 416 g/mol. The zero-order valence-corrected chi connectivity index (χ0v) is 16.7. The van der Waals surface area contributed by atoms with Crippen LogP contribution in [-0.4, -0.2) is 48.8 Å². The quantitative estimate of drug-likeness (QED) is 0.735.